The van der Waals surface area contributed by atoms with E-state index in [0.717, 1.165) is 18.5 Å². The van der Waals surface area contributed by atoms with Crippen molar-refractivity contribution in [3.8, 4) is 0 Å². The first kappa shape index (κ1) is 22.9. The van der Waals surface area contributed by atoms with Gasteiger partial charge in [0.15, 0.2) is 5.96 Å². The molecule has 1 amide bonds. The molecule has 10 nitrogen and oxygen atoms in total. The minimum Gasteiger partial charge on any atom is -0.355 e. The quantitative estimate of drug-likeness (QED) is 0.329. The highest BCUT2D eigenvalue weighted by atomic mass is 127. The van der Waals surface area contributed by atoms with Crippen LogP contribution in [0.15, 0.2) is 17.4 Å². The van der Waals surface area contributed by atoms with Crippen LogP contribution in [0.3, 0.4) is 0 Å². The maximum absolute atomic E-state index is 12.6. The molecule has 3 heterocycles. The fourth-order valence-corrected chi connectivity index (χ4v) is 4.85. The SMILES string of the molecule is CN=C(NC[C@H]1CCCN1S(C)(=O)=O)N1CCN(c2cnn(C)c2)C(=O)C1.I. The van der Waals surface area contributed by atoms with Gasteiger partial charge in [-0.1, -0.05) is 0 Å². The number of nitrogens with zero attached hydrogens (tertiary/aromatic N) is 6. The second-order valence-electron chi connectivity index (χ2n) is 6.94. The summed E-state index contributed by atoms with van der Waals surface area (Å²) in [5, 5.41) is 7.36. The Morgan fingerprint density at radius 3 is 2.68 bits per heavy atom. The number of amides is 1. The highest BCUT2D eigenvalue weighted by Crippen LogP contribution is 2.20. The van der Waals surface area contributed by atoms with Crippen molar-refractivity contribution in [2.75, 3.05) is 50.9 Å². The predicted octanol–water partition coefficient (Wildman–Crippen LogP) is -0.314. The molecule has 2 saturated heterocycles. The second-order valence-corrected chi connectivity index (χ2v) is 8.87. The van der Waals surface area contributed by atoms with Crippen molar-refractivity contribution in [1.29, 1.82) is 0 Å². The Bertz CT molecular complexity index is 826. The van der Waals surface area contributed by atoms with E-state index in [2.05, 4.69) is 15.4 Å². The van der Waals surface area contributed by atoms with Gasteiger partial charge in [0.2, 0.25) is 15.9 Å². The van der Waals surface area contributed by atoms with E-state index in [9.17, 15) is 13.2 Å². The predicted molar refractivity (Wildman–Crippen MR) is 118 cm³/mol. The van der Waals surface area contributed by atoms with Crippen LogP contribution in [0.25, 0.3) is 0 Å². The first-order chi connectivity index (χ1) is 12.8. The van der Waals surface area contributed by atoms with Gasteiger partial charge in [0.25, 0.3) is 0 Å². The summed E-state index contributed by atoms with van der Waals surface area (Å²) in [6.45, 7) is 2.45. The number of nitrogens with one attached hydrogen (secondary N) is 1. The fourth-order valence-electron chi connectivity index (χ4n) is 3.67. The van der Waals surface area contributed by atoms with Crippen LogP contribution < -0.4 is 10.2 Å². The molecule has 1 atom stereocenters. The Morgan fingerprint density at radius 1 is 1.36 bits per heavy atom. The van der Waals surface area contributed by atoms with Gasteiger partial charge in [-0.3, -0.25) is 14.5 Å². The largest absolute Gasteiger partial charge is 0.355 e. The third-order valence-corrected chi connectivity index (χ3v) is 6.31. The number of rotatable bonds is 4. The third kappa shape index (κ3) is 5.14. The lowest BCUT2D eigenvalue weighted by Crippen LogP contribution is -2.56. The molecule has 28 heavy (non-hydrogen) atoms. The number of sulfonamides is 1. The van der Waals surface area contributed by atoms with E-state index in [1.165, 1.54) is 6.26 Å². The van der Waals surface area contributed by atoms with Crippen molar-refractivity contribution < 1.29 is 13.2 Å². The summed E-state index contributed by atoms with van der Waals surface area (Å²) in [5.74, 6) is 0.602. The molecule has 2 aliphatic rings. The van der Waals surface area contributed by atoms with Crippen molar-refractivity contribution >= 4 is 51.6 Å². The molecule has 0 spiro atoms. The van der Waals surface area contributed by atoms with Crippen LogP contribution in [-0.4, -0.2) is 91.3 Å². The van der Waals surface area contributed by atoms with E-state index in [-0.39, 0.29) is 42.5 Å². The number of hydrogen-bond donors (Lipinski definition) is 1. The highest BCUT2D eigenvalue weighted by Gasteiger charge is 2.32. The van der Waals surface area contributed by atoms with E-state index < -0.39 is 10.0 Å². The third-order valence-electron chi connectivity index (χ3n) is 4.98. The lowest BCUT2D eigenvalue weighted by molar-refractivity contribution is -0.120. The average Bonchev–Trinajstić information content (AvgIpc) is 3.24. The lowest BCUT2D eigenvalue weighted by atomic mass is 10.2. The number of halogens is 1. The van der Waals surface area contributed by atoms with Gasteiger partial charge in [-0.15, -0.1) is 24.0 Å². The number of aryl methyl sites for hydroxylation is 1. The number of piperazine rings is 1. The highest BCUT2D eigenvalue weighted by molar-refractivity contribution is 14.0. The van der Waals surface area contributed by atoms with E-state index >= 15 is 0 Å². The molecule has 3 rings (SSSR count). The van der Waals surface area contributed by atoms with Gasteiger partial charge in [0.1, 0.15) is 6.54 Å². The summed E-state index contributed by atoms with van der Waals surface area (Å²) in [6, 6.07) is -0.0795. The molecular weight excluding hydrogens is 497 g/mol. The zero-order chi connectivity index (χ0) is 19.6. The van der Waals surface area contributed by atoms with E-state index in [1.807, 2.05) is 18.1 Å². The van der Waals surface area contributed by atoms with Gasteiger partial charge in [0, 0.05) is 52.5 Å². The molecule has 0 unspecified atom stereocenters. The van der Waals surface area contributed by atoms with E-state index in [4.69, 9.17) is 0 Å². The molecule has 0 radical (unpaired) electrons. The van der Waals surface area contributed by atoms with Crippen LogP contribution in [0.5, 0.6) is 0 Å². The first-order valence-electron chi connectivity index (χ1n) is 9.01. The van der Waals surface area contributed by atoms with Crippen LogP contribution in [0.4, 0.5) is 5.69 Å². The Balaban J connectivity index is 0.00000280. The van der Waals surface area contributed by atoms with E-state index in [0.29, 0.717) is 32.1 Å². The van der Waals surface area contributed by atoms with Crippen LogP contribution in [-0.2, 0) is 21.9 Å². The normalized spacial score (nSPS) is 21.8. The van der Waals surface area contributed by atoms with E-state index in [1.54, 1.807) is 27.1 Å². The smallest absolute Gasteiger partial charge is 0.246 e. The lowest BCUT2D eigenvalue weighted by Gasteiger charge is -2.36. The summed E-state index contributed by atoms with van der Waals surface area (Å²) in [4.78, 5) is 20.4. The first-order valence-corrected chi connectivity index (χ1v) is 10.9. The number of aliphatic imine (C=N–C) groups is 1. The number of hydrogen-bond acceptors (Lipinski definition) is 5. The Labute approximate surface area is 183 Å². The summed E-state index contributed by atoms with van der Waals surface area (Å²) in [6.07, 6.45) is 6.43. The molecule has 1 aromatic rings. The van der Waals surface area contributed by atoms with Gasteiger partial charge < -0.3 is 15.1 Å². The molecule has 12 heteroatoms. The van der Waals surface area contributed by atoms with Crippen molar-refractivity contribution in [2.24, 2.45) is 12.0 Å². The number of carbonyl (C=O) groups excluding carboxylic acids is 1. The zero-order valence-corrected chi connectivity index (χ0v) is 19.6. The van der Waals surface area contributed by atoms with Crippen molar-refractivity contribution in [3.63, 3.8) is 0 Å². The Morgan fingerprint density at radius 2 is 2.11 bits per heavy atom. The summed E-state index contributed by atoms with van der Waals surface area (Å²) in [5.41, 5.74) is 0.792. The number of carbonyl (C=O) groups is 1. The molecule has 0 saturated carbocycles. The van der Waals surface area contributed by atoms with Gasteiger partial charge in [-0.25, -0.2) is 8.42 Å². The zero-order valence-electron chi connectivity index (χ0n) is 16.4. The molecule has 0 aliphatic carbocycles. The Hall–Kier alpha value is -1.41. The molecule has 2 aliphatic heterocycles. The summed E-state index contributed by atoms with van der Waals surface area (Å²) >= 11 is 0. The topological polar surface area (TPSA) is 103 Å². The maximum atomic E-state index is 12.6. The van der Waals surface area contributed by atoms with Crippen LogP contribution in [0.1, 0.15) is 12.8 Å². The fraction of sp³-hybridized carbons (Fsp3) is 0.688. The minimum absolute atomic E-state index is 0. The Kier molecular flexibility index (Phi) is 7.67. The van der Waals surface area contributed by atoms with Gasteiger partial charge in [-0.05, 0) is 12.8 Å². The molecule has 2 fully saturated rings. The van der Waals surface area contributed by atoms with Crippen molar-refractivity contribution in [2.45, 2.75) is 18.9 Å². The number of guanidine groups is 1. The summed E-state index contributed by atoms with van der Waals surface area (Å²) < 4.78 is 27.0. The standard InChI is InChI=1S/C16H27N7O3S.HI/c1-17-16(18-9-13-5-4-6-23(13)27(3,25)26)21-7-8-22(15(24)12-21)14-10-19-20(2)11-14;/h10-11,13H,4-9,12H2,1-3H3,(H,17,18);1H/t13-;/m1./s1. The minimum atomic E-state index is -3.20. The maximum Gasteiger partial charge on any atom is 0.246 e. The van der Waals surface area contributed by atoms with Crippen LogP contribution in [0, 0.1) is 0 Å². The summed E-state index contributed by atoms with van der Waals surface area (Å²) in [7, 11) is 0.283. The van der Waals surface area contributed by atoms with Crippen LogP contribution >= 0.6 is 24.0 Å². The van der Waals surface area contributed by atoms with Gasteiger partial charge in [0.05, 0.1) is 18.1 Å². The molecule has 0 aromatic carbocycles. The van der Waals surface area contributed by atoms with Gasteiger partial charge in [-0.2, -0.15) is 9.40 Å². The molecule has 158 valence electrons. The second kappa shape index (κ2) is 9.39. The number of anilines is 1. The van der Waals surface area contributed by atoms with Crippen molar-refractivity contribution in [3.05, 3.63) is 12.4 Å². The molecule has 0 bridgehead atoms. The van der Waals surface area contributed by atoms with Gasteiger partial charge >= 0.3 is 0 Å². The molecular formula is C16H28IN7O3S. The number of aromatic nitrogens is 2. The van der Waals surface area contributed by atoms with Crippen molar-refractivity contribution in [1.82, 2.24) is 24.3 Å². The molecule has 1 aromatic heterocycles. The monoisotopic (exact) mass is 525 g/mol. The average molecular weight is 525 g/mol. The molecule has 1 N–H and O–H groups in total. The van der Waals surface area contributed by atoms with Crippen LogP contribution in [0.2, 0.25) is 0 Å².